The van der Waals surface area contributed by atoms with E-state index in [2.05, 4.69) is 0 Å². The Balaban J connectivity index is 1.92. The third-order valence-electron chi connectivity index (χ3n) is 2.75. The number of hydrogen-bond acceptors (Lipinski definition) is 3. The van der Waals surface area contributed by atoms with Gasteiger partial charge in [0.05, 0.1) is 6.42 Å². The zero-order valence-corrected chi connectivity index (χ0v) is 11.4. The molecule has 0 bridgehead atoms. The quantitative estimate of drug-likeness (QED) is 0.532. The summed E-state index contributed by atoms with van der Waals surface area (Å²) in [6.07, 6.45) is 0.605. The van der Waals surface area contributed by atoms with E-state index in [1.54, 1.807) is 18.2 Å². The molecule has 5 heteroatoms. The summed E-state index contributed by atoms with van der Waals surface area (Å²) in [6, 6.07) is 10.4. The van der Waals surface area contributed by atoms with Crippen LogP contribution in [0, 0.1) is 5.82 Å². The lowest BCUT2D eigenvalue weighted by atomic mass is 10.1. The number of nitrogen functional groups attached to an aromatic ring is 1. The lowest BCUT2D eigenvalue weighted by Gasteiger charge is -2.07. The van der Waals surface area contributed by atoms with Crippen molar-refractivity contribution in [1.82, 2.24) is 0 Å². The number of aryl methyl sites for hydroxylation is 1. The Hall–Kier alpha value is -2.07. The van der Waals surface area contributed by atoms with Crippen molar-refractivity contribution in [3.05, 3.63) is 58.9 Å². The SMILES string of the molecule is Nc1ccc(Cl)cc1CCC(=O)Oc1ccc(F)cc1. The second kappa shape index (κ2) is 6.39. The number of carbonyl (C=O) groups excluding carboxylic acids is 1. The van der Waals surface area contributed by atoms with Gasteiger partial charge in [0.15, 0.2) is 0 Å². The second-order valence-electron chi connectivity index (χ2n) is 4.27. The third kappa shape index (κ3) is 3.96. The summed E-state index contributed by atoms with van der Waals surface area (Å²) < 4.78 is 17.8. The van der Waals surface area contributed by atoms with E-state index in [0.29, 0.717) is 22.9 Å². The van der Waals surface area contributed by atoms with Gasteiger partial charge in [0, 0.05) is 10.7 Å². The summed E-state index contributed by atoms with van der Waals surface area (Å²) >= 11 is 5.87. The molecule has 0 radical (unpaired) electrons. The van der Waals surface area contributed by atoms with Crippen LogP contribution in [0.15, 0.2) is 42.5 Å². The van der Waals surface area contributed by atoms with Crippen molar-refractivity contribution in [2.24, 2.45) is 0 Å². The summed E-state index contributed by atoms with van der Waals surface area (Å²) in [7, 11) is 0. The molecule has 0 heterocycles. The van der Waals surface area contributed by atoms with E-state index in [-0.39, 0.29) is 12.2 Å². The Bertz CT molecular complexity index is 614. The van der Waals surface area contributed by atoms with Crippen LogP contribution in [0.2, 0.25) is 5.02 Å². The topological polar surface area (TPSA) is 52.3 Å². The van der Waals surface area contributed by atoms with Crippen LogP contribution < -0.4 is 10.5 Å². The van der Waals surface area contributed by atoms with E-state index in [1.165, 1.54) is 24.3 Å². The van der Waals surface area contributed by atoms with Crippen LogP contribution in [0.4, 0.5) is 10.1 Å². The number of anilines is 1. The van der Waals surface area contributed by atoms with Gasteiger partial charge in [-0.25, -0.2) is 4.39 Å². The number of esters is 1. The predicted octanol–water partition coefficient (Wildman–Crippen LogP) is 3.60. The summed E-state index contributed by atoms with van der Waals surface area (Å²) in [4.78, 5) is 11.7. The molecule has 0 amide bonds. The molecule has 2 aromatic rings. The average molecular weight is 294 g/mol. The first-order chi connectivity index (χ1) is 9.54. The van der Waals surface area contributed by atoms with E-state index in [1.807, 2.05) is 0 Å². The first-order valence-corrected chi connectivity index (χ1v) is 6.42. The molecule has 0 aliphatic rings. The zero-order valence-electron chi connectivity index (χ0n) is 10.6. The highest BCUT2D eigenvalue weighted by Gasteiger charge is 2.08. The van der Waals surface area contributed by atoms with Crippen LogP contribution in [-0.4, -0.2) is 5.97 Å². The van der Waals surface area contributed by atoms with Crippen LogP contribution in [0.1, 0.15) is 12.0 Å². The fourth-order valence-electron chi connectivity index (χ4n) is 1.71. The number of hydrogen-bond donors (Lipinski definition) is 1. The fourth-order valence-corrected chi connectivity index (χ4v) is 1.91. The van der Waals surface area contributed by atoms with Crippen LogP contribution >= 0.6 is 11.6 Å². The number of halogens is 2. The van der Waals surface area contributed by atoms with E-state index >= 15 is 0 Å². The van der Waals surface area contributed by atoms with Gasteiger partial charge in [0.25, 0.3) is 0 Å². The highest BCUT2D eigenvalue weighted by Crippen LogP contribution is 2.20. The van der Waals surface area contributed by atoms with E-state index in [4.69, 9.17) is 22.1 Å². The van der Waals surface area contributed by atoms with Gasteiger partial charge in [-0.1, -0.05) is 11.6 Å². The Morgan fingerprint density at radius 3 is 2.60 bits per heavy atom. The molecule has 104 valence electrons. The van der Waals surface area contributed by atoms with Gasteiger partial charge in [-0.2, -0.15) is 0 Å². The molecular weight excluding hydrogens is 281 g/mol. The van der Waals surface area contributed by atoms with Gasteiger partial charge < -0.3 is 10.5 Å². The van der Waals surface area contributed by atoms with E-state index in [9.17, 15) is 9.18 Å². The lowest BCUT2D eigenvalue weighted by Crippen LogP contribution is -2.09. The summed E-state index contributed by atoms with van der Waals surface area (Å²) in [6.45, 7) is 0. The number of ether oxygens (including phenoxy) is 1. The summed E-state index contributed by atoms with van der Waals surface area (Å²) in [5.41, 5.74) is 7.18. The Morgan fingerprint density at radius 1 is 1.20 bits per heavy atom. The first-order valence-electron chi connectivity index (χ1n) is 6.05. The molecule has 2 rings (SSSR count). The second-order valence-corrected chi connectivity index (χ2v) is 4.71. The van der Waals surface area contributed by atoms with E-state index in [0.717, 1.165) is 5.56 Å². The number of nitrogens with two attached hydrogens (primary N) is 1. The average Bonchev–Trinajstić information content (AvgIpc) is 2.42. The first kappa shape index (κ1) is 14.3. The molecule has 0 atom stereocenters. The molecule has 0 fully saturated rings. The van der Waals surface area contributed by atoms with Crippen LogP contribution in [-0.2, 0) is 11.2 Å². The Morgan fingerprint density at radius 2 is 1.90 bits per heavy atom. The molecule has 0 aliphatic carbocycles. The van der Waals surface area contributed by atoms with Gasteiger partial charge in [-0.3, -0.25) is 4.79 Å². The van der Waals surface area contributed by atoms with Gasteiger partial charge in [-0.05, 0) is 54.4 Å². The van der Waals surface area contributed by atoms with Crippen molar-refractivity contribution in [2.75, 3.05) is 5.73 Å². The standard InChI is InChI=1S/C15H13ClFNO2/c16-11-2-7-14(18)10(9-11)1-8-15(19)20-13-5-3-12(17)4-6-13/h2-7,9H,1,8,18H2. The molecule has 0 saturated carbocycles. The van der Waals surface area contributed by atoms with Crippen LogP contribution in [0.3, 0.4) is 0 Å². The van der Waals surface area contributed by atoms with Crippen molar-refractivity contribution in [3.63, 3.8) is 0 Å². The molecular formula is C15H13ClFNO2. The van der Waals surface area contributed by atoms with Crippen molar-refractivity contribution < 1.29 is 13.9 Å². The Labute approximate surface area is 121 Å². The Kier molecular flexibility index (Phi) is 4.58. The predicted molar refractivity (Wildman–Crippen MR) is 76.2 cm³/mol. The molecule has 2 aromatic carbocycles. The lowest BCUT2D eigenvalue weighted by molar-refractivity contribution is -0.134. The molecule has 0 spiro atoms. The molecule has 3 nitrogen and oxygen atoms in total. The van der Waals surface area contributed by atoms with Crippen LogP contribution in [0.5, 0.6) is 5.75 Å². The maximum Gasteiger partial charge on any atom is 0.311 e. The number of rotatable bonds is 4. The van der Waals surface area contributed by atoms with Gasteiger partial charge in [0.2, 0.25) is 0 Å². The fraction of sp³-hybridized carbons (Fsp3) is 0.133. The van der Waals surface area contributed by atoms with E-state index < -0.39 is 5.97 Å². The molecule has 0 saturated heterocycles. The van der Waals surface area contributed by atoms with Crippen molar-refractivity contribution in [2.45, 2.75) is 12.8 Å². The largest absolute Gasteiger partial charge is 0.427 e. The molecule has 20 heavy (non-hydrogen) atoms. The third-order valence-corrected chi connectivity index (χ3v) is 2.98. The summed E-state index contributed by atoms with van der Waals surface area (Å²) in [5, 5.41) is 0.570. The highest BCUT2D eigenvalue weighted by atomic mass is 35.5. The molecule has 0 aromatic heterocycles. The maximum absolute atomic E-state index is 12.7. The van der Waals surface area contributed by atoms with Crippen LogP contribution in [0.25, 0.3) is 0 Å². The van der Waals surface area contributed by atoms with Crippen molar-refractivity contribution in [3.8, 4) is 5.75 Å². The smallest absolute Gasteiger partial charge is 0.311 e. The number of carbonyl (C=O) groups is 1. The van der Waals surface area contributed by atoms with Crippen molar-refractivity contribution in [1.29, 1.82) is 0 Å². The molecule has 0 unspecified atom stereocenters. The van der Waals surface area contributed by atoms with Gasteiger partial charge in [-0.15, -0.1) is 0 Å². The highest BCUT2D eigenvalue weighted by molar-refractivity contribution is 6.30. The van der Waals surface area contributed by atoms with Gasteiger partial charge >= 0.3 is 5.97 Å². The molecule has 2 N–H and O–H groups in total. The van der Waals surface area contributed by atoms with Gasteiger partial charge in [0.1, 0.15) is 11.6 Å². The monoisotopic (exact) mass is 293 g/mol. The minimum absolute atomic E-state index is 0.169. The maximum atomic E-state index is 12.7. The minimum Gasteiger partial charge on any atom is -0.427 e. The van der Waals surface area contributed by atoms with Crippen molar-refractivity contribution >= 4 is 23.3 Å². The normalized spacial score (nSPS) is 10.3. The molecule has 0 aliphatic heterocycles. The zero-order chi connectivity index (χ0) is 14.5. The number of benzene rings is 2. The summed E-state index contributed by atoms with van der Waals surface area (Å²) in [5.74, 6) is -0.469. The minimum atomic E-state index is -0.406.